The molecule has 0 saturated carbocycles. The number of piperidine rings is 1. The van der Waals surface area contributed by atoms with Crippen molar-refractivity contribution in [1.29, 1.82) is 0 Å². The predicted octanol–water partition coefficient (Wildman–Crippen LogP) is 4.25. The van der Waals surface area contributed by atoms with E-state index < -0.39 is 0 Å². The van der Waals surface area contributed by atoms with Crippen LogP contribution in [-0.2, 0) is 13.1 Å². The molecule has 5 heteroatoms. The summed E-state index contributed by atoms with van der Waals surface area (Å²) in [5, 5.41) is 4.30. The fourth-order valence-electron chi connectivity index (χ4n) is 4.04. The minimum Gasteiger partial charge on any atom is -0.335 e. The summed E-state index contributed by atoms with van der Waals surface area (Å²) in [6, 6.07) is 10.7. The minimum atomic E-state index is 0.550. The van der Waals surface area contributed by atoms with Crippen molar-refractivity contribution in [2.24, 2.45) is 0 Å². The van der Waals surface area contributed by atoms with Gasteiger partial charge in [-0.15, -0.1) is 0 Å². The first-order valence-electron chi connectivity index (χ1n) is 10.2. The number of benzene rings is 1. The molecule has 0 radical (unpaired) electrons. The number of nitrogens with zero attached hydrogens (tertiary/aromatic N) is 5. The molecule has 4 rings (SSSR count). The van der Waals surface area contributed by atoms with E-state index in [0.29, 0.717) is 5.92 Å². The van der Waals surface area contributed by atoms with Gasteiger partial charge in [0.25, 0.3) is 0 Å². The van der Waals surface area contributed by atoms with Crippen LogP contribution in [0.5, 0.6) is 0 Å². The van der Waals surface area contributed by atoms with Gasteiger partial charge in [-0.2, -0.15) is 5.10 Å². The van der Waals surface area contributed by atoms with Crippen molar-refractivity contribution >= 4 is 0 Å². The van der Waals surface area contributed by atoms with Gasteiger partial charge >= 0.3 is 0 Å². The number of likely N-dealkylation sites (tertiary alicyclic amines) is 1. The Labute approximate surface area is 161 Å². The van der Waals surface area contributed by atoms with Crippen LogP contribution in [-0.4, -0.2) is 37.3 Å². The molecular formula is C22H29N5. The summed E-state index contributed by atoms with van der Waals surface area (Å²) in [6.45, 7) is 6.62. The van der Waals surface area contributed by atoms with Crippen LogP contribution in [0.2, 0.25) is 0 Å². The topological polar surface area (TPSA) is 38.9 Å². The number of aryl methyl sites for hydroxylation is 1. The number of hydrogen-bond donors (Lipinski definition) is 0. The van der Waals surface area contributed by atoms with E-state index in [4.69, 9.17) is 4.98 Å². The second kappa shape index (κ2) is 8.53. The SMILES string of the molecule is CCCCn1ccnc1C1CCCN(Cc2ccc(-n3cccn3)cc2)C1. The van der Waals surface area contributed by atoms with Crippen LogP contribution < -0.4 is 0 Å². The first-order chi connectivity index (χ1) is 13.3. The van der Waals surface area contributed by atoms with E-state index in [2.05, 4.69) is 52.0 Å². The molecule has 27 heavy (non-hydrogen) atoms. The summed E-state index contributed by atoms with van der Waals surface area (Å²) in [6.07, 6.45) is 12.9. The molecule has 1 fully saturated rings. The Balaban J connectivity index is 1.39. The van der Waals surface area contributed by atoms with Crippen LogP contribution in [0.25, 0.3) is 5.69 Å². The summed E-state index contributed by atoms with van der Waals surface area (Å²) in [5.74, 6) is 1.83. The van der Waals surface area contributed by atoms with Gasteiger partial charge in [0.1, 0.15) is 5.82 Å². The molecule has 1 unspecified atom stereocenters. The Morgan fingerprint density at radius 1 is 1.11 bits per heavy atom. The maximum atomic E-state index is 4.70. The van der Waals surface area contributed by atoms with Crippen LogP contribution >= 0.6 is 0 Å². The third-order valence-electron chi connectivity index (χ3n) is 5.48. The molecule has 3 heterocycles. The van der Waals surface area contributed by atoms with E-state index in [1.807, 2.05) is 29.3 Å². The second-order valence-corrected chi connectivity index (χ2v) is 7.52. The van der Waals surface area contributed by atoms with E-state index in [0.717, 1.165) is 25.3 Å². The standard InChI is InChI=1S/C22H29N5/c1-2-3-14-26-16-12-23-22(26)20-6-4-13-25(18-20)17-19-7-9-21(10-8-19)27-15-5-11-24-27/h5,7-12,15-16,20H,2-4,6,13-14,17-18H2,1H3. The van der Waals surface area contributed by atoms with E-state index in [1.165, 1.54) is 43.6 Å². The quantitative estimate of drug-likeness (QED) is 0.630. The van der Waals surface area contributed by atoms with Crippen molar-refractivity contribution in [3.05, 3.63) is 66.5 Å². The van der Waals surface area contributed by atoms with Crippen LogP contribution in [0, 0.1) is 0 Å². The van der Waals surface area contributed by atoms with E-state index in [1.54, 1.807) is 0 Å². The third kappa shape index (κ3) is 4.30. The fourth-order valence-corrected chi connectivity index (χ4v) is 4.04. The van der Waals surface area contributed by atoms with Crippen molar-refractivity contribution in [2.75, 3.05) is 13.1 Å². The highest BCUT2D eigenvalue weighted by atomic mass is 15.3. The van der Waals surface area contributed by atoms with E-state index in [-0.39, 0.29) is 0 Å². The van der Waals surface area contributed by atoms with E-state index in [9.17, 15) is 0 Å². The summed E-state index contributed by atoms with van der Waals surface area (Å²) < 4.78 is 4.27. The third-order valence-corrected chi connectivity index (χ3v) is 5.48. The van der Waals surface area contributed by atoms with E-state index >= 15 is 0 Å². The molecule has 3 aromatic rings. The van der Waals surface area contributed by atoms with Gasteiger partial charge in [-0.25, -0.2) is 9.67 Å². The fraction of sp³-hybridized carbons (Fsp3) is 0.455. The largest absolute Gasteiger partial charge is 0.335 e. The lowest BCUT2D eigenvalue weighted by Crippen LogP contribution is -2.35. The number of rotatable bonds is 7. The second-order valence-electron chi connectivity index (χ2n) is 7.52. The van der Waals surface area contributed by atoms with Crippen molar-refractivity contribution in [1.82, 2.24) is 24.2 Å². The van der Waals surface area contributed by atoms with Gasteiger partial charge in [0, 0.05) is 50.3 Å². The maximum Gasteiger partial charge on any atom is 0.113 e. The van der Waals surface area contributed by atoms with Gasteiger partial charge in [0.15, 0.2) is 0 Å². The summed E-state index contributed by atoms with van der Waals surface area (Å²) in [7, 11) is 0. The first-order valence-corrected chi connectivity index (χ1v) is 10.2. The Hall–Kier alpha value is -2.40. The molecule has 1 saturated heterocycles. The molecule has 142 valence electrons. The van der Waals surface area contributed by atoms with Gasteiger partial charge in [-0.3, -0.25) is 4.90 Å². The van der Waals surface area contributed by atoms with Crippen LogP contribution in [0.3, 0.4) is 0 Å². The van der Waals surface area contributed by atoms with Crippen molar-refractivity contribution < 1.29 is 0 Å². The van der Waals surface area contributed by atoms with Gasteiger partial charge in [0.05, 0.1) is 5.69 Å². The number of hydrogen-bond acceptors (Lipinski definition) is 3. The molecule has 0 spiro atoms. The molecule has 0 bridgehead atoms. The van der Waals surface area contributed by atoms with Gasteiger partial charge in [-0.1, -0.05) is 25.5 Å². The monoisotopic (exact) mass is 363 g/mol. The number of aromatic nitrogens is 4. The lowest BCUT2D eigenvalue weighted by Gasteiger charge is -2.32. The van der Waals surface area contributed by atoms with Crippen LogP contribution in [0.15, 0.2) is 55.1 Å². The Morgan fingerprint density at radius 3 is 2.78 bits per heavy atom. The summed E-state index contributed by atoms with van der Waals surface area (Å²) in [5.41, 5.74) is 2.47. The highest BCUT2D eigenvalue weighted by Crippen LogP contribution is 2.27. The molecule has 0 amide bonds. The van der Waals surface area contributed by atoms with Gasteiger partial charge in [0.2, 0.25) is 0 Å². The van der Waals surface area contributed by atoms with Gasteiger partial charge in [-0.05, 0) is 49.6 Å². The van der Waals surface area contributed by atoms with Crippen LogP contribution in [0.4, 0.5) is 0 Å². The number of unbranched alkanes of at least 4 members (excludes halogenated alkanes) is 1. The van der Waals surface area contributed by atoms with Crippen molar-refractivity contribution in [3.63, 3.8) is 0 Å². The Morgan fingerprint density at radius 2 is 2.00 bits per heavy atom. The average Bonchev–Trinajstić information content (AvgIpc) is 3.39. The molecule has 2 aromatic heterocycles. The Bertz CT molecular complexity index is 819. The lowest BCUT2D eigenvalue weighted by atomic mass is 9.96. The number of imidazole rings is 1. The zero-order valence-corrected chi connectivity index (χ0v) is 16.2. The highest BCUT2D eigenvalue weighted by molar-refractivity contribution is 5.33. The molecule has 1 aliphatic heterocycles. The molecule has 5 nitrogen and oxygen atoms in total. The lowest BCUT2D eigenvalue weighted by molar-refractivity contribution is 0.194. The molecule has 0 aliphatic carbocycles. The van der Waals surface area contributed by atoms with Gasteiger partial charge < -0.3 is 4.57 Å². The zero-order valence-electron chi connectivity index (χ0n) is 16.2. The molecule has 0 N–H and O–H groups in total. The van der Waals surface area contributed by atoms with Crippen LogP contribution in [0.1, 0.15) is 49.9 Å². The minimum absolute atomic E-state index is 0.550. The zero-order chi connectivity index (χ0) is 18.5. The summed E-state index contributed by atoms with van der Waals surface area (Å²) >= 11 is 0. The first kappa shape index (κ1) is 18.0. The summed E-state index contributed by atoms with van der Waals surface area (Å²) in [4.78, 5) is 7.28. The molecular weight excluding hydrogens is 334 g/mol. The average molecular weight is 364 g/mol. The highest BCUT2D eigenvalue weighted by Gasteiger charge is 2.24. The normalized spacial score (nSPS) is 18.0. The van der Waals surface area contributed by atoms with Crippen molar-refractivity contribution in [3.8, 4) is 5.69 Å². The molecule has 1 aliphatic rings. The smallest absolute Gasteiger partial charge is 0.113 e. The van der Waals surface area contributed by atoms with Crippen molar-refractivity contribution in [2.45, 2.75) is 51.6 Å². The predicted molar refractivity (Wildman–Crippen MR) is 108 cm³/mol. The maximum absolute atomic E-state index is 4.70. The molecule has 1 aromatic carbocycles. The molecule has 1 atom stereocenters. The Kier molecular flexibility index (Phi) is 5.68.